The van der Waals surface area contributed by atoms with Crippen molar-refractivity contribution >= 4 is 6.03 Å². The predicted molar refractivity (Wildman–Crippen MR) is 134 cm³/mol. The highest BCUT2D eigenvalue weighted by Crippen LogP contribution is 2.15. The van der Waals surface area contributed by atoms with Crippen molar-refractivity contribution in [3.05, 3.63) is 53.9 Å². The van der Waals surface area contributed by atoms with Gasteiger partial charge in [0, 0.05) is 63.6 Å². The lowest BCUT2D eigenvalue weighted by atomic mass is 10.0. The molecule has 1 aromatic heterocycles. The van der Waals surface area contributed by atoms with Crippen LogP contribution in [-0.2, 0) is 18.6 Å². The Kier molecular flexibility index (Phi) is 8.54. The quantitative estimate of drug-likeness (QED) is 0.662. The molecule has 0 bridgehead atoms. The van der Waals surface area contributed by atoms with Gasteiger partial charge in [0.05, 0.1) is 11.7 Å². The van der Waals surface area contributed by atoms with Crippen molar-refractivity contribution in [2.24, 2.45) is 5.92 Å². The zero-order valence-corrected chi connectivity index (χ0v) is 21.3. The molecule has 1 aromatic carbocycles. The Hall–Kier alpha value is -2.38. The number of benzene rings is 1. The number of hydrogen-bond donors (Lipinski definition) is 1. The number of hydrogen-bond acceptors (Lipinski definition) is 4. The maximum absolute atomic E-state index is 13.0. The van der Waals surface area contributed by atoms with Gasteiger partial charge in [0.2, 0.25) is 0 Å². The summed E-state index contributed by atoms with van der Waals surface area (Å²) < 4.78 is 2.02. The van der Waals surface area contributed by atoms with Crippen LogP contribution in [0, 0.1) is 5.92 Å². The Morgan fingerprint density at radius 3 is 2.33 bits per heavy atom. The molecule has 2 amide bonds. The third-order valence-electron chi connectivity index (χ3n) is 6.31. The Balaban J connectivity index is 1.46. The first-order valence-corrected chi connectivity index (χ1v) is 12.2. The summed E-state index contributed by atoms with van der Waals surface area (Å²) in [7, 11) is 2.12. The molecule has 3 rings (SSSR count). The number of piperazine rings is 1. The molecule has 33 heavy (non-hydrogen) atoms. The van der Waals surface area contributed by atoms with E-state index in [0.29, 0.717) is 5.92 Å². The minimum Gasteiger partial charge on any atom is -0.334 e. The summed E-state index contributed by atoms with van der Waals surface area (Å²) in [4.78, 5) is 19.6. The van der Waals surface area contributed by atoms with Crippen LogP contribution in [0.4, 0.5) is 4.79 Å². The van der Waals surface area contributed by atoms with E-state index in [0.717, 1.165) is 45.8 Å². The molecule has 1 aliphatic rings. The lowest BCUT2D eigenvalue weighted by Gasteiger charge is -2.36. The first-order chi connectivity index (χ1) is 15.6. The average molecular weight is 455 g/mol. The fraction of sp³-hybridized carbons (Fsp3) is 0.615. The van der Waals surface area contributed by atoms with Crippen molar-refractivity contribution in [3.8, 4) is 0 Å². The molecular weight excluding hydrogens is 412 g/mol. The van der Waals surface area contributed by atoms with Crippen molar-refractivity contribution in [2.75, 3.05) is 39.8 Å². The minimum absolute atomic E-state index is 0.00282. The highest BCUT2D eigenvalue weighted by molar-refractivity contribution is 5.74. The molecule has 0 aliphatic carbocycles. The monoisotopic (exact) mass is 454 g/mol. The van der Waals surface area contributed by atoms with Crippen LogP contribution in [0.3, 0.4) is 0 Å². The van der Waals surface area contributed by atoms with Gasteiger partial charge in [-0.05, 0) is 39.3 Å². The number of aromatic nitrogens is 2. The van der Waals surface area contributed by atoms with Crippen LogP contribution in [-0.4, -0.2) is 76.3 Å². The summed E-state index contributed by atoms with van der Waals surface area (Å²) in [6, 6.07) is 10.6. The van der Waals surface area contributed by atoms with E-state index in [1.165, 1.54) is 11.1 Å². The van der Waals surface area contributed by atoms with Crippen LogP contribution >= 0.6 is 0 Å². The fourth-order valence-electron chi connectivity index (χ4n) is 4.14. The number of amides is 2. The topological polar surface area (TPSA) is 56.6 Å². The van der Waals surface area contributed by atoms with Gasteiger partial charge in [0.15, 0.2) is 0 Å². The molecule has 0 radical (unpaired) electrons. The van der Waals surface area contributed by atoms with Crippen molar-refractivity contribution in [1.82, 2.24) is 29.8 Å². The molecular formula is C26H42N6O. The van der Waals surface area contributed by atoms with Gasteiger partial charge in [-0.3, -0.25) is 9.58 Å². The number of carbonyl (C=O) groups excluding carboxylic acids is 1. The fourth-order valence-corrected chi connectivity index (χ4v) is 4.14. The smallest absolute Gasteiger partial charge is 0.317 e. The first kappa shape index (κ1) is 25.2. The van der Waals surface area contributed by atoms with E-state index in [4.69, 9.17) is 0 Å². The third-order valence-corrected chi connectivity index (χ3v) is 6.31. The van der Waals surface area contributed by atoms with E-state index in [1.54, 1.807) is 0 Å². The SMILES string of the molecule is CC(C)C(CN(C)Cc1ccccc1)NC(=O)N1CCN(Cc2cnn(C(C)(C)C)c2)CC1. The van der Waals surface area contributed by atoms with E-state index in [1.807, 2.05) is 21.8 Å². The van der Waals surface area contributed by atoms with Gasteiger partial charge >= 0.3 is 6.03 Å². The first-order valence-electron chi connectivity index (χ1n) is 12.2. The Bertz CT molecular complexity index is 864. The van der Waals surface area contributed by atoms with E-state index in [-0.39, 0.29) is 17.6 Å². The predicted octanol–water partition coefficient (Wildman–Crippen LogP) is 3.62. The molecule has 0 spiro atoms. The van der Waals surface area contributed by atoms with Crippen LogP contribution in [0.5, 0.6) is 0 Å². The van der Waals surface area contributed by atoms with Gasteiger partial charge in [0.25, 0.3) is 0 Å². The standard InChI is InChI=1S/C26H42N6O/c1-21(2)24(20-29(6)17-22-10-8-7-9-11-22)28-25(33)31-14-12-30(13-15-31)18-23-16-27-32(19-23)26(3,4)5/h7-11,16,19,21,24H,12-15,17-18,20H2,1-6H3,(H,28,33). The largest absolute Gasteiger partial charge is 0.334 e. The summed E-state index contributed by atoms with van der Waals surface area (Å²) in [5.41, 5.74) is 2.51. The molecule has 1 atom stereocenters. The van der Waals surface area contributed by atoms with E-state index in [2.05, 4.69) is 92.3 Å². The summed E-state index contributed by atoms with van der Waals surface area (Å²) in [5.74, 6) is 0.368. The van der Waals surface area contributed by atoms with Crippen molar-refractivity contribution in [3.63, 3.8) is 0 Å². The Labute approximate surface area is 199 Å². The summed E-state index contributed by atoms with van der Waals surface area (Å²) in [6.07, 6.45) is 4.10. The van der Waals surface area contributed by atoms with Crippen LogP contribution in [0.15, 0.2) is 42.7 Å². The molecule has 2 heterocycles. The maximum Gasteiger partial charge on any atom is 0.317 e. The van der Waals surface area contributed by atoms with Gasteiger partial charge in [0.1, 0.15) is 0 Å². The van der Waals surface area contributed by atoms with Crippen molar-refractivity contribution in [2.45, 2.75) is 59.3 Å². The highest BCUT2D eigenvalue weighted by atomic mass is 16.2. The van der Waals surface area contributed by atoms with Gasteiger partial charge in [-0.1, -0.05) is 44.2 Å². The maximum atomic E-state index is 13.0. The van der Waals surface area contributed by atoms with Crippen molar-refractivity contribution in [1.29, 1.82) is 0 Å². The van der Waals surface area contributed by atoms with Crippen LogP contribution in [0.1, 0.15) is 45.7 Å². The number of urea groups is 1. The molecule has 7 heteroatoms. The second-order valence-electron chi connectivity index (χ2n) is 10.7. The molecule has 7 nitrogen and oxygen atoms in total. The Morgan fingerprint density at radius 1 is 1.09 bits per heavy atom. The van der Waals surface area contributed by atoms with Gasteiger partial charge in [-0.25, -0.2) is 4.79 Å². The lowest BCUT2D eigenvalue weighted by Crippen LogP contribution is -2.55. The van der Waals surface area contributed by atoms with E-state index >= 15 is 0 Å². The molecule has 2 aromatic rings. The Morgan fingerprint density at radius 2 is 1.76 bits per heavy atom. The van der Waals surface area contributed by atoms with E-state index in [9.17, 15) is 4.79 Å². The normalized spacial score (nSPS) is 16.4. The minimum atomic E-state index is -0.00282. The number of nitrogens with one attached hydrogen (secondary N) is 1. The van der Waals surface area contributed by atoms with Gasteiger partial charge in [-0.2, -0.15) is 5.10 Å². The van der Waals surface area contributed by atoms with Gasteiger partial charge in [-0.15, -0.1) is 0 Å². The number of likely N-dealkylation sites (N-methyl/N-ethyl adjacent to an activating group) is 1. The average Bonchev–Trinajstić information content (AvgIpc) is 3.23. The van der Waals surface area contributed by atoms with Crippen LogP contribution < -0.4 is 5.32 Å². The zero-order chi connectivity index (χ0) is 24.0. The summed E-state index contributed by atoms with van der Waals surface area (Å²) >= 11 is 0. The molecule has 182 valence electrons. The van der Waals surface area contributed by atoms with Crippen LogP contribution in [0.2, 0.25) is 0 Å². The van der Waals surface area contributed by atoms with Gasteiger partial charge < -0.3 is 15.1 Å². The molecule has 1 fully saturated rings. The second kappa shape index (κ2) is 11.2. The summed E-state index contributed by atoms with van der Waals surface area (Å²) in [6.45, 7) is 16.7. The van der Waals surface area contributed by atoms with Crippen LogP contribution in [0.25, 0.3) is 0 Å². The van der Waals surface area contributed by atoms with E-state index < -0.39 is 0 Å². The number of rotatable bonds is 8. The number of nitrogens with zero attached hydrogens (tertiary/aromatic N) is 5. The second-order valence-corrected chi connectivity index (χ2v) is 10.7. The number of carbonyl (C=O) groups is 1. The molecule has 1 N–H and O–H groups in total. The van der Waals surface area contributed by atoms with Crippen molar-refractivity contribution < 1.29 is 4.79 Å². The molecule has 1 saturated heterocycles. The lowest BCUT2D eigenvalue weighted by molar-refractivity contribution is 0.129. The third kappa shape index (κ3) is 7.57. The summed E-state index contributed by atoms with van der Waals surface area (Å²) in [5, 5.41) is 7.81. The molecule has 1 aliphatic heterocycles. The highest BCUT2D eigenvalue weighted by Gasteiger charge is 2.25. The zero-order valence-electron chi connectivity index (χ0n) is 21.3. The molecule has 0 saturated carbocycles. The molecule has 1 unspecified atom stereocenters.